The fourth-order valence-corrected chi connectivity index (χ4v) is 3.93. The van der Waals surface area contributed by atoms with Crippen molar-refractivity contribution >= 4 is 29.7 Å². The molecule has 9 N–H and O–H groups in total. The highest BCUT2D eigenvalue weighted by atomic mass is 16.4. The van der Waals surface area contributed by atoms with Crippen molar-refractivity contribution in [2.45, 2.75) is 56.3 Å². The summed E-state index contributed by atoms with van der Waals surface area (Å²) in [6.07, 6.45) is 5.10. The quantitative estimate of drug-likeness (QED) is 0.103. The van der Waals surface area contributed by atoms with Crippen LogP contribution in [0.3, 0.4) is 0 Å². The SMILES string of the molecule is NC(CCC(=O)O)C(=O)NC(Cc1cnc[nH]1)C(=O)NC(Cc1cnc[nH]1)C(=O)NC(Cc1ccccc1)C(=O)O. The average molecular weight is 569 g/mol. The highest BCUT2D eigenvalue weighted by molar-refractivity contribution is 5.94. The second kappa shape index (κ2) is 14.9. The fourth-order valence-electron chi connectivity index (χ4n) is 3.93. The lowest BCUT2D eigenvalue weighted by molar-refractivity contribution is -0.142. The summed E-state index contributed by atoms with van der Waals surface area (Å²) >= 11 is 0. The van der Waals surface area contributed by atoms with Gasteiger partial charge in [0.15, 0.2) is 0 Å². The van der Waals surface area contributed by atoms with Crippen LogP contribution < -0.4 is 21.7 Å². The molecule has 0 aliphatic carbocycles. The third kappa shape index (κ3) is 9.89. The van der Waals surface area contributed by atoms with Gasteiger partial charge < -0.3 is 41.9 Å². The van der Waals surface area contributed by atoms with Gasteiger partial charge in [0.2, 0.25) is 17.7 Å². The van der Waals surface area contributed by atoms with Crippen molar-refractivity contribution in [2.75, 3.05) is 0 Å². The highest BCUT2D eigenvalue weighted by Crippen LogP contribution is 2.07. The summed E-state index contributed by atoms with van der Waals surface area (Å²) in [5.74, 6) is -4.66. The first-order chi connectivity index (χ1) is 19.6. The van der Waals surface area contributed by atoms with E-state index in [1.54, 1.807) is 30.3 Å². The molecule has 0 spiro atoms. The van der Waals surface area contributed by atoms with E-state index in [1.807, 2.05) is 0 Å². The first-order valence-corrected chi connectivity index (χ1v) is 12.7. The molecule has 3 rings (SSSR count). The number of nitrogens with zero attached hydrogens (tertiary/aromatic N) is 2. The molecule has 0 fully saturated rings. The molecule has 218 valence electrons. The largest absolute Gasteiger partial charge is 0.481 e. The van der Waals surface area contributed by atoms with E-state index < -0.39 is 53.8 Å². The lowest BCUT2D eigenvalue weighted by atomic mass is 10.0. The van der Waals surface area contributed by atoms with Crippen molar-refractivity contribution in [2.24, 2.45) is 5.73 Å². The molecule has 3 aromatic rings. The van der Waals surface area contributed by atoms with Crippen LogP contribution in [0.4, 0.5) is 0 Å². The summed E-state index contributed by atoms with van der Waals surface area (Å²) in [6.45, 7) is 0. The lowest BCUT2D eigenvalue weighted by Gasteiger charge is -2.25. The number of carboxylic acids is 2. The number of nitrogens with two attached hydrogens (primary N) is 1. The van der Waals surface area contributed by atoms with Crippen LogP contribution in [0.5, 0.6) is 0 Å². The number of carbonyl (C=O) groups is 5. The van der Waals surface area contributed by atoms with Crippen molar-refractivity contribution in [1.29, 1.82) is 0 Å². The number of aliphatic carboxylic acids is 2. The molecule has 0 aliphatic rings. The van der Waals surface area contributed by atoms with Crippen LogP contribution in [0.15, 0.2) is 55.4 Å². The molecule has 3 amide bonds. The van der Waals surface area contributed by atoms with Crippen molar-refractivity contribution in [3.63, 3.8) is 0 Å². The van der Waals surface area contributed by atoms with Gasteiger partial charge >= 0.3 is 11.9 Å². The maximum atomic E-state index is 13.4. The van der Waals surface area contributed by atoms with Crippen molar-refractivity contribution in [3.05, 3.63) is 72.3 Å². The number of imidazole rings is 2. The Bertz CT molecular complexity index is 1300. The monoisotopic (exact) mass is 568 g/mol. The van der Waals surface area contributed by atoms with Crippen LogP contribution >= 0.6 is 0 Å². The number of benzene rings is 1. The van der Waals surface area contributed by atoms with E-state index in [1.165, 1.54) is 25.0 Å². The third-order valence-electron chi connectivity index (χ3n) is 6.13. The molecule has 0 bridgehead atoms. The van der Waals surface area contributed by atoms with Crippen LogP contribution in [-0.2, 0) is 43.2 Å². The van der Waals surface area contributed by atoms with Gasteiger partial charge in [-0.2, -0.15) is 0 Å². The van der Waals surface area contributed by atoms with Gasteiger partial charge in [0.1, 0.15) is 18.1 Å². The molecule has 2 heterocycles. The van der Waals surface area contributed by atoms with Crippen LogP contribution in [-0.4, -0.2) is 84.0 Å². The zero-order valence-corrected chi connectivity index (χ0v) is 21.9. The van der Waals surface area contributed by atoms with Gasteiger partial charge in [0.05, 0.1) is 18.7 Å². The number of hydrogen-bond donors (Lipinski definition) is 8. The topological polar surface area (TPSA) is 245 Å². The number of hydrogen-bond acceptors (Lipinski definition) is 8. The Balaban J connectivity index is 1.77. The molecule has 0 aliphatic heterocycles. The van der Waals surface area contributed by atoms with Gasteiger partial charge in [0.25, 0.3) is 0 Å². The molecule has 0 radical (unpaired) electrons. The summed E-state index contributed by atoms with van der Waals surface area (Å²) in [7, 11) is 0. The minimum atomic E-state index is -1.28. The van der Waals surface area contributed by atoms with E-state index in [-0.39, 0.29) is 32.1 Å². The number of amides is 3. The van der Waals surface area contributed by atoms with Crippen LogP contribution in [0, 0.1) is 0 Å². The molecule has 0 saturated carbocycles. The Hall–Kier alpha value is -5.05. The number of aromatic amines is 2. The summed E-state index contributed by atoms with van der Waals surface area (Å²) in [5, 5.41) is 26.2. The number of rotatable bonds is 16. The average Bonchev–Trinajstić information content (AvgIpc) is 3.65. The van der Waals surface area contributed by atoms with Gasteiger partial charge in [-0.25, -0.2) is 14.8 Å². The molecule has 15 nitrogen and oxygen atoms in total. The van der Waals surface area contributed by atoms with E-state index in [9.17, 15) is 29.1 Å². The zero-order valence-electron chi connectivity index (χ0n) is 21.9. The second-order valence-electron chi connectivity index (χ2n) is 9.31. The minimum absolute atomic E-state index is 0.0133. The van der Waals surface area contributed by atoms with E-state index >= 15 is 0 Å². The Morgan fingerprint density at radius 3 is 1.73 bits per heavy atom. The minimum Gasteiger partial charge on any atom is -0.481 e. The molecule has 0 saturated heterocycles. The van der Waals surface area contributed by atoms with Gasteiger partial charge in [-0.05, 0) is 12.0 Å². The fraction of sp³-hybridized carbons (Fsp3) is 0.346. The Morgan fingerprint density at radius 2 is 1.27 bits per heavy atom. The first-order valence-electron chi connectivity index (χ1n) is 12.7. The second-order valence-corrected chi connectivity index (χ2v) is 9.31. The molecule has 4 atom stereocenters. The highest BCUT2D eigenvalue weighted by Gasteiger charge is 2.31. The van der Waals surface area contributed by atoms with Gasteiger partial charge in [-0.15, -0.1) is 0 Å². The number of nitrogens with one attached hydrogen (secondary N) is 5. The predicted octanol–water partition coefficient (Wildman–Crippen LogP) is -1.11. The van der Waals surface area contributed by atoms with E-state index in [0.717, 1.165) is 0 Å². The number of carbonyl (C=O) groups excluding carboxylic acids is 3. The molecular weight excluding hydrogens is 536 g/mol. The van der Waals surface area contributed by atoms with E-state index in [2.05, 4.69) is 35.9 Å². The summed E-state index contributed by atoms with van der Waals surface area (Å²) in [4.78, 5) is 75.7. The molecular formula is C26H32N8O7. The molecule has 2 aromatic heterocycles. The Morgan fingerprint density at radius 1 is 0.756 bits per heavy atom. The van der Waals surface area contributed by atoms with Crippen molar-refractivity contribution < 1.29 is 34.2 Å². The predicted molar refractivity (Wildman–Crippen MR) is 143 cm³/mol. The van der Waals surface area contributed by atoms with Gasteiger partial charge in [-0.1, -0.05) is 30.3 Å². The molecule has 4 unspecified atom stereocenters. The molecule has 15 heteroatoms. The van der Waals surface area contributed by atoms with Crippen molar-refractivity contribution in [1.82, 2.24) is 35.9 Å². The van der Waals surface area contributed by atoms with E-state index in [0.29, 0.717) is 17.0 Å². The third-order valence-corrected chi connectivity index (χ3v) is 6.13. The summed E-state index contributed by atoms with van der Waals surface area (Å²) in [5.41, 5.74) is 7.49. The number of carboxylic acid groups (broad SMARTS) is 2. The van der Waals surface area contributed by atoms with Crippen LogP contribution in [0.25, 0.3) is 0 Å². The molecule has 1 aromatic carbocycles. The van der Waals surface area contributed by atoms with Gasteiger partial charge in [-0.3, -0.25) is 19.2 Å². The zero-order chi connectivity index (χ0) is 29.8. The Kier molecular flexibility index (Phi) is 11.1. The maximum Gasteiger partial charge on any atom is 0.326 e. The number of aromatic nitrogens is 4. The maximum absolute atomic E-state index is 13.4. The number of H-pyrrole nitrogens is 2. The Labute approximate surface area is 234 Å². The summed E-state index contributed by atoms with van der Waals surface area (Å²) < 4.78 is 0. The lowest BCUT2D eigenvalue weighted by Crippen LogP contribution is -2.58. The normalized spacial score (nSPS) is 13.8. The van der Waals surface area contributed by atoms with Crippen LogP contribution in [0.1, 0.15) is 29.8 Å². The molecule has 41 heavy (non-hydrogen) atoms. The smallest absolute Gasteiger partial charge is 0.326 e. The first kappa shape index (κ1) is 30.5. The summed E-state index contributed by atoms with van der Waals surface area (Å²) in [6, 6.07) is 3.80. The standard InChI is InChI=1S/C26H32N8O7/c27-18(6-7-22(35)36)23(37)32-19(9-16-11-28-13-30-16)24(38)33-20(10-17-12-29-14-31-17)25(39)34-21(26(40)41)8-15-4-2-1-3-5-15/h1-5,11-14,18-21H,6-10,27H2,(H,28,30)(H,29,31)(H,32,37)(H,33,38)(H,34,39)(H,35,36)(H,40,41). The van der Waals surface area contributed by atoms with E-state index in [4.69, 9.17) is 10.8 Å². The van der Waals surface area contributed by atoms with Gasteiger partial charge in [0, 0.05) is 49.5 Å². The van der Waals surface area contributed by atoms with Crippen LogP contribution in [0.2, 0.25) is 0 Å². The van der Waals surface area contributed by atoms with Crippen molar-refractivity contribution in [3.8, 4) is 0 Å².